The largest absolute Gasteiger partial charge is 0.351 e. The molecule has 1 aromatic heterocycles. The number of hydrogen-bond donors (Lipinski definition) is 3. The van der Waals surface area contributed by atoms with E-state index >= 15 is 0 Å². The Labute approximate surface area is 173 Å². The standard InChI is InChI=1S/C23H21N5O2/c1-15-26-20-13-17(9-12-21(20)28(15)19-5-3-2-4-6-19)22(29)25-14-16-7-10-18(11-8-16)27-23(24)30/h2-13H,14H2,1H3,(H,25,29)(H3,24,27,30). The molecular weight excluding hydrogens is 378 g/mol. The van der Waals surface area contributed by atoms with E-state index in [0.29, 0.717) is 17.8 Å². The van der Waals surface area contributed by atoms with Gasteiger partial charge >= 0.3 is 6.03 Å². The Morgan fingerprint density at radius 1 is 1.00 bits per heavy atom. The highest BCUT2D eigenvalue weighted by molar-refractivity contribution is 5.97. The number of aromatic nitrogens is 2. The molecule has 4 rings (SSSR count). The van der Waals surface area contributed by atoms with Crippen LogP contribution in [0.3, 0.4) is 0 Å². The maximum Gasteiger partial charge on any atom is 0.316 e. The number of nitrogens with two attached hydrogens (primary N) is 1. The van der Waals surface area contributed by atoms with Crippen LogP contribution in [0.1, 0.15) is 21.7 Å². The van der Waals surface area contributed by atoms with Crippen LogP contribution >= 0.6 is 0 Å². The molecule has 0 bridgehead atoms. The molecule has 0 fully saturated rings. The van der Waals surface area contributed by atoms with Crippen molar-refractivity contribution in [2.24, 2.45) is 5.73 Å². The first-order valence-corrected chi connectivity index (χ1v) is 9.49. The SMILES string of the molecule is Cc1nc2cc(C(=O)NCc3ccc(NC(N)=O)cc3)ccc2n1-c1ccccc1. The van der Waals surface area contributed by atoms with Gasteiger partial charge in [-0.25, -0.2) is 9.78 Å². The van der Waals surface area contributed by atoms with E-state index in [2.05, 4.69) is 20.2 Å². The average Bonchev–Trinajstić information content (AvgIpc) is 3.08. The molecule has 150 valence electrons. The molecule has 3 amide bonds. The quantitative estimate of drug-likeness (QED) is 0.476. The second-order valence-corrected chi connectivity index (χ2v) is 6.90. The van der Waals surface area contributed by atoms with Gasteiger partial charge in [0.2, 0.25) is 0 Å². The monoisotopic (exact) mass is 399 g/mol. The number of anilines is 1. The number of nitrogens with one attached hydrogen (secondary N) is 2. The van der Waals surface area contributed by atoms with E-state index in [4.69, 9.17) is 5.73 Å². The highest BCUT2D eigenvalue weighted by Crippen LogP contribution is 2.22. The van der Waals surface area contributed by atoms with Crippen molar-refractivity contribution in [1.29, 1.82) is 0 Å². The molecule has 0 atom stereocenters. The summed E-state index contributed by atoms with van der Waals surface area (Å²) >= 11 is 0. The van der Waals surface area contributed by atoms with Crippen molar-refractivity contribution in [3.05, 3.63) is 89.7 Å². The van der Waals surface area contributed by atoms with Crippen molar-refractivity contribution < 1.29 is 9.59 Å². The van der Waals surface area contributed by atoms with Crippen LogP contribution in [0.25, 0.3) is 16.7 Å². The van der Waals surface area contributed by atoms with Gasteiger partial charge in [0.15, 0.2) is 0 Å². The van der Waals surface area contributed by atoms with Gasteiger partial charge in [-0.15, -0.1) is 0 Å². The van der Waals surface area contributed by atoms with Gasteiger partial charge < -0.3 is 16.4 Å². The lowest BCUT2D eigenvalue weighted by Gasteiger charge is -2.08. The summed E-state index contributed by atoms with van der Waals surface area (Å²) in [6.45, 7) is 2.31. The van der Waals surface area contributed by atoms with E-state index in [0.717, 1.165) is 28.1 Å². The predicted molar refractivity (Wildman–Crippen MR) is 117 cm³/mol. The highest BCUT2D eigenvalue weighted by Gasteiger charge is 2.12. The molecule has 1 heterocycles. The highest BCUT2D eigenvalue weighted by atomic mass is 16.2. The lowest BCUT2D eigenvalue weighted by atomic mass is 10.1. The Balaban J connectivity index is 1.49. The van der Waals surface area contributed by atoms with Crippen LogP contribution in [0.15, 0.2) is 72.8 Å². The molecule has 30 heavy (non-hydrogen) atoms. The first kappa shape index (κ1) is 19.2. The molecule has 3 aromatic carbocycles. The Morgan fingerprint density at radius 3 is 2.43 bits per heavy atom. The Morgan fingerprint density at radius 2 is 1.73 bits per heavy atom. The zero-order chi connectivity index (χ0) is 21.1. The normalized spacial score (nSPS) is 10.7. The number of primary amides is 1. The topological polar surface area (TPSA) is 102 Å². The second-order valence-electron chi connectivity index (χ2n) is 6.90. The van der Waals surface area contributed by atoms with E-state index < -0.39 is 6.03 Å². The summed E-state index contributed by atoms with van der Waals surface area (Å²) in [6.07, 6.45) is 0. The summed E-state index contributed by atoms with van der Waals surface area (Å²) in [5, 5.41) is 5.41. The second kappa shape index (κ2) is 8.08. The Bertz CT molecular complexity index is 1210. The van der Waals surface area contributed by atoms with Crippen molar-refractivity contribution in [1.82, 2.24) is 14.9 Å². The molecule has 0 saturated heterocycles. The fraction of sp³-hybridized carbons (Fsp3) is 0.0870. The van der Waals surface area contributed by atoms with Gasteiger partial charge in [0.05, 0.1) is 11.0 Å². The summed E-state index contributed by atoms with van der Waals surface area (Å²) in [5.41, 5.74) is 9.91. The fourth-order valence-electron chi connectivity index (χ4n) is 3.38. The summed E-state index contributed by atoms with van der Waals surface area (Å²) in [4.78, 5) is 28.1. The van der Waals surface area contributed by atoms with Crippen molar-refractivity contribution >= 4 is 28.7 Å². The minimum Gasteiger partial charge on any atom is -0.351 e. The maximum atomic E-state index is 12.6. The molecule has 0 aliphatic heterocycles. The number of nitrogens with zero attached hydrogens (tertiary/aromatic N) is 2. The predicted octanol–water partition coefficient (Wildman–Crippen LogP) is 3.75. The zero-order valence-electron chi connectivity index (χ0n) is 16.4. The molecule has 4 N–H and O–H groups in total. The fourth-order valence-corrected chi connectivity index (χ4v) is 3.38. The van der Waals surface area contributed by atoms with Crippen LogP contribution < -0.4 is 16.4 Å². The molecule has 0 aliphatic carbocycles. The van der Waals surface area contributed by atoms with Crippen LogP contribution in [0, 0.1) is 6.92 Å². The van der Waals surface area contributed by atoms with Crippen LogP contribution in [0.5, 0.6) is 0 Å². The number of urea groups is 1. The minimum absolute atomic E-state index is 0.178. The Hall–Kier alpha value is -4.13. The summed E-state index contributed by atoms with van der Waals surface area (Å²) in [6, 6.07) is 22.0. The number of aryl methyl sites for hydroxylation is 1. The molecular formula is C23H21N5O2. The number of carbonyl (C=O) groups excluding carboxylic acids is 2. The summed E-state index contributed by atoms with van der Waals surface area (Å²) < 4.78 is 2.07. The van der Waals surface area contributed by atoms with Gasteiger partial charge in [0.25, 0.3) is 5.91 Å². The number of benzene rings is 3. The number of amides is 3. The van der Waals surface area contributed by atoms with Gasteiger partial charge in [-0.3, -0.25) is 9.36 Å². The molecule has 7 nitrogen and oxygen atoms in total. The minimum atomic E-state index is -0.614. The van der Waals surface area contributed by atoms with Gasteiger partial charge in [-0.1, -0.05) is 30.3 Å². The molecule has 4 aromatic rings. The average molecular weight is 399 g/mol. The van der Waals surface area contributed by atoms with Gasteiger partial charge in [-0.05, 0) is 55.0 Å². The summed E-state index contributed by atoms with van der Waals surface area (Å²) in [7, 11) is 0. The number of hydrogen-bond acceptors (Lipinski definition) is 3. The van der Waals surface area contributed by atoms with E-state index in [1.165, 1.54) is 0 Å². The number of rotatable bonds is 5. The van der Waals surface area contributed by atoms with Crippen molar-refractivity contribution in [3.8, 4) is 5.69 Å². The zero-order valence-corrected chi connectivity index (χ0v) is 16.4. The van der Waals surface area contributed by atoms with Crippen molar-refractivity contribution in [2.45, 2.75) is 13.5 Å². The maximum absolute atomic E-state index is 12.6. The molecule has 0 saturated carbocycles. The molecule has 7 heteroatoms. The van der Waals surface area contributed by atoms with Crippen LogP contribution in [0.4, 0.5) is 10.5 Å². The third-order valence-electron chi connectivity index (χ3n) is 4.77. The molecule has 0 aliphatic rings. The van der Waals surface area contributed by atoms with Crippen molar-refractivity contribution in [3.63, 3.8) is 0 Å². The first-order chi connectivity index (χ1) is 14.5. The molecule has 0 unspecified atom stereocenters. The molecule has 0 radical (unpaired) electrons. The van der Waals surface area contributed by atoms with Gasteiger partial charge in [0.1, 0.15) is 5.82 Å². The Kier molecular flexibility index (Phi) is 5.17. The van der Waals surface area contributed by atoms with E-state index in [1.807, 2.05) is 55.5 Å². The lowest BCUT2D eigenvalue weighted by molar-refractivity contribution is 0.0951. The van der Waals surface area contributed by atoms with Gasteiger partial charge in [0, 0.05) is 23.5 Å². The van der Waals surface area contributed by atoms with E-state index in [1.54, 1.807) is 24.3 Å². The van der Waals surface area contributed by atoms with E-state index in [9.17, 15) is 9.59 Å². The summed E-state index contributed by atoms with van der Waals surface area (Å²) in [5.74, 6) is 0.682. The van der Waals surface area contributed by atoms with Gasteiger partial charge in [-0.2, -0.15) is 0 Å². The number of imidazole rings is 1. The smallest absolute Gasteiger partial charge is 0.316 e. The van der Waals surface area contributed by atoms with E-state index in [-0.39, 0.29) is 5.91 Å². The third-order valence-corrected chi connectivity index (χ3v) is 4.77. The van der Waals surface area contributed by atoms with Crippen molar-refractivity contribution in [2.75, 3.05) is 5.32 Å². The first-order valence-electron chi connectivity index (χ1n) is 9.49. The number of para-hydroxylation sites is 1. The number of carbonyl (C=O) groups is 2. The molecule has 0 spiro atoms. The van der Waals surface area contributed by atoms with Crippen LogP contribution in [-0.2, 0) is 6.54 Å². The van der Waals surface area contributed by atoms with Crippen LogP contribution in [-0.4, -0.2) is 21.5 Å². The third kappa shape index (κ3) is 4.00. The number of fused-ring (bicyclic) bond motifs is 1. The lowest BCUT2D eigenvalue weighted by Crippen LogP contribution is -2.23. The van der Waals surface area contributed by atoms with Crippen LogP contribution in [0.2, 0.25) is 0 Å².